The van der Waals surface area contributed by atoms with Crippen LogP contribution in [0.15, 0.2) is 29.8 Å². The van der Waals surface area contributed by atoms with Gasteiger partial charge in [0.05, 0.1) is 12.7 Å². The summed E-state index contributed by atoms with van der Waals surface area (Å²) in [5.74, 6) is -0.394. The molecule has 0 aromatic carbocycles. The third-order valence-corrected chi connectivity index (χ3v) is 3.21. The van der Waals surface area contributed by atoms with Gasteiger partial charge >= 0.3 is 0 Å². The first-order valence-electron chi connectivity index (χ1n) is 5.80. The van der Waals surface area contributed by atoms with Crippen LogP contribution in [0, 0.1) is 0 Å². The number of imidazole rings is 1. The number of aromatic nitrogens is 4. The van der Waals surface area contributed by atoms with E-state index < -0.39 is 35.9 Å². The maximum atomic E-state index is 11.5. The van der Waals surface area contributed by atoms with E-state index in [2.05, 4.69) is 21.5 Å². The SMILES string of the molecule is C=C(O)[C@H]1O[C@@H](n2cnc3c(=O)[nH]cnc32)[C@H](O)[C@@H]1O. The van der Waals surface area contributed by atoms with Crippen LogP contribution < -0.4 is 5.56 Å². The second-order valence-corrected chi connectivity index (χ2v) is 4.48. The molecule has 1 aliphatic heterocycles. The van der Waals surface area contributed by atoms with Gasteiger partial charge in [0.1, 0.15) is 24.1 Å². The normalized spacial score (nSPS) is 29.9. The topological polar surface area (TPSA) is 133 Å². The Morgan fingerprint density at radius 1 is 1.40 bits per heavy atom. The highest BCUT2D eigenvalue weighted by Gasteiger charge is 2.45. The smallest absolute Gasteiger partial charge is 0.278 e. The summed E-state index contributed by atoms with van der Waals surface area (Å²) in [5.41, 5.74) is -0.136. The summed E-state index contributed by atoms with van der Waals surface area (Å²) in [7, 11) is 0. The van der Waals surface area contributed by atoms with E-state index in [4.69, 9.17) is 4.74 Å². The van der Waals surface area contributed by atoms with Crippen molar-refractivity contribution in [3.8, 4) is 0 Å². The first-order chi connectivity index (χ1) is 9.50. The number of hydrogen-bond donors (Lipinski definition) is 4. The molecule has 0 spiro atoms. The van der Waals surface area contributed by atoms with E-state index in [1.165, 1.54) is 17.2 Å². The summed E-state index contributed by atoms with van der Waals surface area (Å²) in [6, 6.07) is 0. The molecule has 4 atom stereocenters. The molecule has 3 heterocycles. The van der Waals surface area contributed by atoms with E-state index in [1.54, 1.807) is 0 Å². The molecule has 20 heavy (non-hydrogen) atoms. The minimum absolute atomic E-state index is 0.0871. The van der Waals surface area contributed by atoms with Crippen molar-refractivity contribution in [2.24, 2.45) is 0 Å². The Hall–Kier alpha value is -2.23. The van der Waals surface area contributed by atoms with Crippen LogP contribution in [0.1, 0.15) is 6.23 Å². The van der Waals surface area contributed by atoms with Gasteiger partial charge in [-0.15, -0.1) is 0 Å². The molecule has 0 saturated carbocycles. The number of rotatable bonds is 2. The predicted octanol–water partition coefficient (Wildman–Crippen LogP) is -1.19. The van der Waals surface area contributed by atoms with Gasteiger partial charge in [0, 0.05) is 0 Å². The Morgan fingerprint density at radius 3 is 2.80 bits per heavy atom. The lowest BCUT2D eigenvalue weighted by molar-refractivity contribution is -0.0338. The molecule has 1 saturated heterocycles. The Bertz CT molecular complexity index is 723. The number of nitrogens with zero attached hydrogens (tertiary/aromatic N) is 3. The standard InChI is InChI=1S/C11H12N4O5/c1-4(16)8-6(17)7(18)11(20-8)15-3-14-5-9(15)12-2-13-10(5)19/h2-3,6-8,11,16-18H,1H2,(H,12,13,19)/t6-,7+,8+,11+/m0/s1. The number of fused-ring (bicyclic) bond motifs is 1. The van der Waals surface area contributed by atoms with Crippen LogP contribution in [0.5, 0.6) is 0 Å². The number of aliphatic hydroxyl groups is 3. The summed E-state index contributed by atoms with van der Waals surface area (Å²) in [6.07, 6.45) is -2.33. The number of hydrogen-bond acceptors (Lipinski definition) is 7. The van der Waals surface area contributed by atoms with Crippen LogP contribution in [0.25, 0.3) is 11.2 Å². The molecule has 0 unspecified atom stereocenters. The summed E-state index contributed by atoms with van der Waals surface area (Å²) in [6.45, 7) is 3.28. The molecule has 2 aromatic rings. The number of ether oxygens (including phenoxy) is 1. The minimum atomic E-state index is -1.34. The fourth-order valence-corrected chi connectivity index (χ4v) is 2.21. The highest BCUT2D eigenvalue weighted by atomic mass is 16.6. The molecule has 9 heteroatoms. The van der Waals surface area contributed by atoms with Gasteiger partial charge in [-0.3, -0.25) is 9.36 Å². The van der Waals surface area contributed by atoms with Crippen molar-refractivity contribution in [1.82, 2.24) is 19.5 Å². The lowest BCUT2D eigenvalue weighted by Gasteiger charge is -2.16. The van der Waals surface area contributed by atoms with Gasteiger partial charge in [-0.1, -0.05) is 6.58 Å². The van der Waals surface area contributed by atoms with Gasteiger partial charge in [-0.2, -0.15) is 0 Å². The number of nitrogens with one attached hydrogen (secondary N) is 1. The third-order valence-electron chi connectivity index (χ3n) is 3.21. The first kappa shape index (κ1) is 12.8. The van der Waals surface area contributed by atoms with Gasteiger partial charge in [0.2, 0.25) is 0 Å². The average Bonchev–Trinajstić information content (AvgIpc) is 2.94. The lowest BCUT2D eigenvalue weighted by Crippen LogP contribution is -2.32. The van der Waals surface area contributed by atoms with Gasteiger partial charge in [0.25, 0.3) is 5.56 Å². The maximum Gasteiger partial charge on any atom is 0.278 e. The third kappa shape index (κ3) is 1.72. The zero-order valence-electron chi connectivity index (χ0n) is 10.2. The molecule has 1 aliphatic rings. The van der Waals surface area contributed by atoms with E-state index in [9.17, 15) is 20.1 Å². The van der Waals surface area contributed by atoms with Crippen LogP contribution in [-0.4, -0.2) is 53.2 Å². The lowest BCUT2D eigenvalue weighted by atomic mass is 10.1. The monoisotopic (exact) mass is 280 g/mol. The molecule has 2 aromatic heterocycles. The number of aromatic amines is 1. The molecule has 1 fully saturated rings. The van der Waals surface area contributed by atoms with Crippen molar-refractivity contribution in [2.45, 2.75) is 24.5 Å². The van der Waals surface area contributed by atoms with Crippen molar-refractivity contribution >= 4 is 11.2 Å². The Morgan fingerprint density at radius 2 is 2.15 bits per heavy atom. The van der Waals surface area contributed by atoms with Crippen LogP contribution in [-0.2, 0) is 4.74 Å². The van der Waals surface area contributed by atoms with Gasteiger partial charge in [-0.05, 0) is 0 Å². The van der Waals surface area contributed by atoms with E-state index in [-0.39, 0.29) is 11.2 Å². The second kappa shape index (κ2) is 4.40. The fourth-order valence-electron chi connectivity index (χ4n) is 2.21. The van der Waals surface area contributed by atoms with E-state index >= 15 is 0 Å². The van der Waals surface area contributed by atoms with Crippen LogP contribution in [0.4, 0.5) is 0 Å². The molecule has 0 bridgehead atoms. The Labute approximate surface area is 111 Å². The van der Waals surface area contributed by atoms with Crippen LogP contribution >= 0.6 is 0 Å². The number of H-pyrrole nitrogens is 1. The quantitative estimate of drug-likeness (QED) is 0.508. The molecule has 9 nitrogen and oxygen atoms in total. The van der Waals surface area contributed by atoms with Crippen LogP contribution in [0.2, 0.25) is 0 Å². The van der Waals surface area contributed by atoms with Crippen molar-refractivity contribution in [3.63, 3.8) is 0 Å². The largest absolute Gasteiger partial charge is 0.510 e. The van der Waals surface area contributed by atoms with Gasteiger partial charge < -0.3 is 25.0 Å². The highest BCUT2D eigenvalue weighted by molar-refractivity contribution is 5.68. The molecule has 4 N–H and O–H groups in total. The summed E-state index contributed by atoms with van der Waals surface area (Å²) < 4.78 is 6.68. The molecular weight excluding hydrogens is 268 g/mol. The zero-order chi connectivity index (χ0) is 14.4. The fraction of sp³-hybridized carbons (Fsp3) is 0.364. The highest BCUT2D eigenvalue weighted by Crippen LogP contribution is 2.32. The van der Waals surface area contributed by atoms with Crippen molar-refractivity contribution in [1.29, 1.82) is 0 Å². The van der Waals surface area contributed by atoms with E-state index in [0.717, 1.165) is 0 Å². The first-order valence-corrected chi connectivity index (χ1v) is 5.80. The predicted molar refractivity (Wildman–Crippen MR) is 65.8 cm³/mol. The Balaban J connectivity index is 2.06. The summed E-state index contributed by atoms with van der Waals surface area (Å²) in [5, 5.41) is 29.1. The molecule has 106 valence electrons. The molecule has 0 radical (unpaired) electrons. The Kier molecular flexibility index (Phi) is 2.82. The van der Waals surface area contributed by atoms with Crippen molar-refractivity contribution in [2.75, 3.05) is 0 Å². The molecular formula is C11H12N4O5. The molecule has 3 rings (SSSR count). The maximum absolute atomic E-state index is 11.5. The van der Waals surface area contributed by atoms with E-state index in [1.807, 2.05) is 0 Å². The zero-order valence-corrected chi connectivity index (χ0v) is 10.2. The van der Waals surface area contributed by atoms with Crippen molar-refractivity contribution in [3.05, 3.63) is 35.3 Å². The summed E-state index contributed by atoms with van der Waals surface area (Å²) >= 11 is 0. The molecule has 0 amide bonds. The number of aliphatic hydroxyl groups excluding tert-OH is 3. The van der Waals surface area contributed by atoms with Gasteiger partial charge in [0.15, 0.2) is 17.4 Å². The van der Waals surface area contributed by atoms with Crippen molar-refractivity contribution < 1.29 is 20.1 Å². The summed E-state index contributed by atoms with van der Waals surface area (Å²) in [4.78, 5) is 21.8. The minimum Gasteiger partial charge on any atom is -0.510 e. The van der Waals surface area contributed by atoms with Crippen LogP contribution in [0.3, 0.4) is 0 Å². The molecule has 0 aliphatic carbocycles. The second-order valence-electron chi connectivity index (χ2n) is 4.48. The van der Waals surface area contributed by atoms with Gasteiger partial charge in [-0.25, -0.2) is 9.97 Å². The van der Waals surface area contributed by atoms with E-state index in [0.29, 0.717) is 0 Å². The average molecular weight is 280 g/mol.